The molecule has 100 valence electrons. The average molecular weight is 239 g/mol. The zero-order valence-corrected chi connectivity index (χ0v) is 11.9. The number of hydrogen-bond acceptors (Lipinski definition) is 3. The first kappa shape index (κ1) is 13.3. The zero-order valence-electron chi connectivity index (χ0n) is 11.9. The van der Waals surface area contributed by atoms with Crippen LogP contribution in [0, 0.1) is 5.92 Å². The van der Waals surface area contributed by atoms with Crippen molar-refractivity contribution in [1.82, 2.24) is 15.1 Å². The van der Waals surface area contributed by atoms with E-state index >= 15 is 0 Å². The summed E-state index contributed by atoms with van der Waals surface area (Å²) in [6.45, 7) is 8.47. The SMILES string of the molecule is CNCC(C)C(C)N1CCC2CCC(C1)N2C. The van der Waals surface area contributed by atoms with Crippen LogP contribution in [0.1, 0.15) is 33.1 Å². The van der Waals surface area contributed by atoms with Gasteiger partial charge in [0.15, 0.2) is 0 Å². The highest BCUT2D eigenvalue weighted by Gasteiger charge is 2.36. The van der Waals surface area contributed by atoms with Crippen molar-refractivity contribution < 1.29 is 0 Å². The largest absolute Gasteiger partial charge is 0.319 e. The minimum atomic E-state index is 0.704. The molecule has 2 heterocycles. The van der Waals surface area contributed by atoms with Crippen molar-refractivity contribution in [3.63, 3.8) is 0 Å². The van der Waals surface area contributed by atoms with E-state index in [2.05, 4.69) is 43.1 Å². The van der Waals surface area contributed by atoms with Gasteiger partial charge >= 0.3 is 0 Å². The number of rotatable bonds is 4. The van der Waals surface area contributed by atoms with Crippen LogP contribution in [-0.2, 0) is 0 Å². The maximum Gasteiger partial charge on any atom is 0.0223 e. The maximum atomic E-state index is 3.31. The minimum absolute atomic E-state index is 0.704. The molecule has 2 saturated heterocycles. The Labute approximate surface area is 107 Å². The van der Waals surface area contributed by atoms with E-state index in [1.54, 1.807) is 0 Å². The molecule has 17 heavy (non-hydrogen) atoms. The molecule has 4 atom stereocenters. The van der Waals surface area contributed by atoms with E-state index in [-0.39, 0.29) is 0 Å². The molecule has 3 nitrogen and oxygen atoms in total. The van der Waals surface area contributed by atoms with Crippen molar-refractivity contribution in [2.75, 3.05) is 33.7 Å². The van der Waals surface area contributed by atoms with Crippen LogP contribution in [0.5, 0.6) is 0 Å². The summed E-state index contributed by atoms with van der Waals surface area (Å²) < 4.78 is 0. The lowest BCUT2D eigenvalue weighted by atomic mass is 9.99. The molecule has 2 aliphatic rings. The Morgan fingerprint density at radius 2 is 1.88 bits per heavy atom. The predicted molar refractivity (Wildman–Crippen MR) is 73.3 cm³/mol. The molecule has 0 saturated carbocycles. The fraction of sp³-hybridized carbons (Fsp3) is 1.00. The molecule has 2 fully saturated rings. The zero-order chi connectivity index (χ0) is 12.4. The van der Waals surface area contributed by atoms with E-state index in [4.69, 9.17) is 0 Å². The lowest BCUT2D eigenvalue weighted by molar-refractivity contribution is 0.143. The van der Waals surface area contributed by atoms with Crippen molar-refractivity contribution in [3.8, 4) is 0 Å². The quantitative estimate of drug-likeness (QED) is 0.800. The fourth-order valence-electron chi connectivity index (χ4n) is 3.56. The molecule has 0 radical (unpaired) electrons. The third-order valence-corrected chi connectivity index (χ3v) is 5.11. The van der Waals surface area contributed by atoms with Gasteiger partial charge in [-0.05, 0) is 59.3 Å². The molecule has 1 N–H and O–H groups in total. The van der Waals surface area contributed by atoms with Gasteiger partial charge in [0.2, 0.25) is 0 Å². The molecule has 0 aromatic carbocycles. The second-order valence-corrected chi connectivity index (χ2v) is 6.11. The third kappa shape index (κ3) is 2.83. The number of likely N-dealkylation sites (tertiary alicyclic amines) is 1. The van der Waals surface area contributed by atoms with Gasteiger partial charge in [-0.3, -0.25) is 9.80 Å². The molecule has 2 rings (SSSR count). The van der Waals surface area contributed by atoms with Crippen molar-refractivity contribution >= 4 is 0 Å². The molecule has 0 amide bonds. The third-order valence-electron chi connectivity index (χ3n) is 5.11. The first-order valence-corrected chi connectivity index (χ1v) is 7.24. The van der Waals surface area contributed by atoms with Gasteiger partial charge in [0.25, 0.3) is 0 Å². The molecule has 4 unspecified atom stereocenters. The summed E-state index contributed by atoms with van der Waals surface area (Å²) in [6.07, 6.45) is 4.20. The highest BCUT2D eigenvalue weighted by molar-refractivity contribution is 4.92. The first-order chi connectivity index (χ1) is 8.13. The monoisotopic (exact) mass is 239 g/mol. The topological polar surface area (TPSA) is 18.5 Å². The Morgan fingerprint density at radius 3 is 2.59 bits per heavy atom. The smallest absolute Gasteiger partial charge is 0.0223 e. The van der Waals surface area contributed by atoms with Crippen LogP contribution in [-0.4, -0.2) is 61.7 Å². The molecular weight excluding hydrogens is 210 g/mol. The number of likely N-dealkylation sites (N-methyl/N-ethyl adjacent to an activating group) is 1. The Hall–Kier alpha value is -0.120. The van der Waals surface area contributed by atoms with Gasteiger partial charge in [0, 0.05) is 24.7 Å². The molecule has 0 aromatic heterocycles. The normalized spacial score (nSPS) is 34.6. The summed E-state index contributed by atoms with van der Waals surface area (Å²) >= 11 is 0. The first-order valence-electron chi connectivity index (χ1n) is 7.24. The van der Waals surface area contributed by atoms with E-state index in [1.807, 2.05) is 0 Å². The molecule has 2 aliphatic heterocycles. The lowest BCUT2D eigenvalue weighted by Crippen LogP contribution is -2.45. The van der Waals surface area contributed by atoms with E-state index in [9.17, 15) is 0 Å². The van der Waals surface area contributed by atoms with Crippen LogP contribution < -0.4 is 5.32 Å². The summed E-state index contributed by atoms with van der Waals surface area (Å²) in [5.74, 6) is 0.738. The Balaban J connectivity index is 1.94. The van der Waals surface area contributed by atoms with Crippen LogP contribution in [0.4, 0.5) is 0 Å². The van der Waals surface area contributed by atoms with Crippen molar-refractivity contribution in [3.05, 3.63) is 0 Å². The number of fused-ring (bicyclic) bond motifs is 2. The van der Waals surface area contributed by atoms with Crippen molar-refractivity contribution in [2.45, 2.75) is 51.2 Å². The van der Waals surface area contributed by atoms with E-state index in [1.165, 1.54) is 32.4 Å². The summed E-state index contributed by atoms with van der Waals surface area (Å²) in [7, 11) is 4.38. The second-order valence-electron chi connectivity index (χ2n) is 6.11. The Morgan fingerprint density at radius 1 is 1.18 bits per heavy atom. The molecule has 0 aliphatic carbocycles. The fourth-order valence-corrected chi connectivity index (χ4v) is 3.56. The van der Waals surface area contributed by atoms with E-state index in [0.717, 1.165) is 24.5 Å². The summed E-state index contributed by atoms with van der Waals surface area (Å²) in [5.41, 5.74) is 0. The molecular formula is C14H29N3. The minimum Gasteiger partial charge on any atom is -0.319 e. The summed E-state index contributed by atoms with van der Waals surface area (Å²) in [4.78, 5) is 5.36. The van der Waals surface area contributed by atoms with E-state index < -0.39 is 0 Å². The lowest BCUT2D eigenvalue weighted by Gasteiger charge is -2.34. The highest BCUT2D eigenvalue weighted by atomic mass is 15.3. The van der Waals surface area contributed by atoms with Gasteiger partial charge in [-0.15, -0.1) is 0 Å². The van der Waals surface area contributed by atoms with Gasteiger partial charge in [0.1, 0.15) is 0 Å². The molecule has 2 bridgehead atoms. The molecule has 0 aromatic rings. The van der Waals surface area contributed by atoms with Gasteiger partial charge in [-0.1, -0.05) is 6.92 Å². The van der Waals surface area contributed by atoms with Crippen molar-refractivity contribution in [2.24, 2.45) is 5.92 Å². The maximum absolute atomic E-state index is 3.31. The van der Waals surface area contributed by atoms with E-state index in [0.29, 0.717) is 6.04 Å². The predicted octanol–water partition coefficient (Wildman–Crippen LogP) is 1.40. The Bertz CT molecular complexity index is 244. The van der Waals surface area contributed by atoms with Gasteiger partial charge in [0.05, 0.1) is 0 Å². The van der Waals surface area contributed by atoms with Crippen LogP contribution >= 0.6 is 0 Å². The second kappa shape index (κ2) is 5.68. The average Bonchev–Trinajstić information content (AvgIpc) is 2.53. The highest BCUT2D eigenvalue weighted by Crippen LogP contribution is 2.29. The van der Waals surface area contributed by atoms with Crippen LogP contribution in [0.15, 0.2) is 0 Å². The van der Waals surface area contributed by atoms with Crippen LogP contribution in [0.3, 0.4) is 0 Å². The van der Waals surface area contributed by atoms with Gasteiger partial charge in [-0.2, -0.15) is 0 Å². The summed E-state index contributed by atoms with van der Waals surface area (Å²) in [6, 6.07) is 2.37. The van der Waals surface area contributed by atoms with Gasteiger partial charge < -0.3 is 5.32 Å². The Kier molecular flexibility index (Phi) is 4.45. The molecule has 0 spiro atoms. The summed E-state index contributed by atoms with van der Waals surface area (Å²) in [5, 5.41) is 3.31. The molecule has 3 heteroatoms. The van der Waals surface area contributed by atoms with Crippen LogP contribution in [0.25, 0.3) is 0 Å². The van der Waals surface area contributed by atoms with Crippen molar-refractivity contribution in [1.29, 1.82) is 0 Å². The number of nitrogens with zero attached hydrogens (tertiary/aromatic N) is 2. The standard InChI is InChI=1S/C14H29N3/c1-11(9-15-3)12(2)17-8-7-13-5-6-14(10-17)16(13)4/h11-15H,5-10H2,1-4H3. The number of hydrogen-bond donors (Lipinski definition) is 1. The van der Waals surface area contributed by atoms with Crippen LogP contribution in [0.2, 0.25) is 0 Å². The van der Waals surface area contributed by atoms with Gasteiger partial charge in [-0.25, -0.2) is 0 Å². The number of nitrogens with one attached hydrogen (secondary N) is 1.